The van der Waals surface area contributed by atoms with Crippen LogP contribution in [0.1, 0.15) is 37.4 Å². The Morgan fingerprint density at radius 2 is 1.71 bits per heavy atom. The van der Waals surface area contributed by atoms with E-state index in [4.69, 9.17) is 9.47 Å². The average Bonchev–Trinajstić information content (AvgIpc) is 2.60. The van der Waals surface area contributed by atoms with E-state index in [2.05, 4.69) is 36.5 Å². The molecule has 1 N–H and O–H groups in total. The van der Waals surface area contributed by atoms with E-state index in [0.717, 1.165) is 12.0 Å². The third kappa shape index (κ3) is 4.51. The van der Waals surface area contributed by atoms with Crippen LogP contribution in [0.2, 0.25) is 0 Å². The van der Waals surface area contributed by atoms with Crippen LogP contribution in [-0.2, 0) is 4.79 Å². The van der Waals surface area contributed by atoms with Crippen molar-refractivity contribution in [3.8, 4) is 11.5 Å². The minimum Gasteiger partial charge on any atom is -0.493 e. The molecule has 2 atom stereocenters. The first-order valence-electron chi connectivity index (χ1n) is 8.21. The largest absolute Gasteiger partial charge is 0.493 e. The maximum atomic E-state index is 12.5. The Morgan fingerprint density at radius 1 is 1.08 bits per heavy atom. The van der Waals surface area contributed by atoms with Crippen molar-refractivity contribution in [3.05, 3.63) is 59.7 Å². The quantitative estimate of drug-likeness (QED) is 0.835. The van der Waals surface area contributed by atoms with Gasteiger partial charge in [0.1, 0.15) is 0 Å². The van der Waals surface area contributed by atoms with Crippen LogP contribution in [0, 0.1) is 6.92 Å². The molecular weight excluding hydrogens is 302 g/mol. The molecule has 0 fully saturated rings. The summed E-state index contributed by atoms with van der Waals surface area (Å²) < 4.78 is 11.0. The molecule has 0 saturated carbocycles. The van der Waals surface area contributed by atoms with Gasteiger partial charge in [0, 0.05) is 0 Å². The zero-order valence-electron chi connectivity index (χ0n) is 14.7. The summed E-state index contributed by atoms with van der Waals surface area (Å²) in [5.41, 5.74) is 2.30. The lowest BCUT2D eigenvalue weighted by Crippen LogP contribution is -2.38. The van der Waals surface area contributed by atoms with Crippen molar-refractivity contribution in [3.63, 3.8) is 0 Å². The zero-order chi connectivity index (χ0) is 17.5. The molecule has 0 aromatic heterocycles. The van der Waals surface area contributed by atoms with E-state index in [-0.39, 0.29) is 11.9 Å². The third-order valence-electron chi connectivity index (χ3n) is 3.95. The van der Waals surface area contributed by atoms with Gasteiger partial charge in [0.25, 0.3) is 5.91 Å². The molecule has 4 heteroatoms. The summed E-state index contributed by atoms with van der Waals surface area (Å²) in [7, 11) is 1.58. The van der Waals surface area contributed by atoms with E-state index in [9.17, 15) is 4.79 Å². The molecule has 0 heterocycles. The van der Waals surface area contributed by atoms with Crippen molar-refractivity contribution >= 4 is 5.91 Å². The van der Waals surface area contributed by atoms with Crippen LogP contribution in [-0.4, -0.2) is 19.1 Å². The van der Waals surface area contributed by atoms with Gasteiger partial charge < -0.3 is 14.8 Å². The summed E-state index contributed by atoms with van der Waals surface area (Å²) in [6, 6.07) is 15.5. The summed E-state index contributed by atoms with van der Waals surface area (Å²) in [5, 5.41) is 3.06. The van der Waals surface area contributed by atoms with Crippen LogP contribution in [0.4, 0.5) is 0 Å². The molecule has 4 nitrogen and oxygen atoms in total. The fourth-order valence-corrected chi connectivity index (χ4v) is 2.47. The Morgan fingerprint density at radius 3 is 2.29 bits per heavy atom. The second kappa shape index (κ2) is 8.39. The second-order valence-electron chi connectivity index (χ2n) is 5.79. The molecule has 24 heavy (non-hydrogen) atoms. The van der Waals surface area contributed by atoms with E-state index < -0.39 is 6.10 Å². The Bertz CT molecular complexity index is 667. The van der Waals surface area contributed by atoms with Crippen LogP contribution in [0.3, 0.4) is 0 Å². The summed E-state index contributed by atoms with van der Waals surface area (Å²) in [5.74, 6) is 1.03. The van der Waals surface area contributed by atoms with Gasteiger partial charge in [-0.05, 0) is 38.0 Å². The normalized spacial score (nSPS) is 13.0. The van der Waals surface area contributed by atoms with Gasteiger partial charge >= 0.3 is 0 Å². The minimum atomic E-state index is -0.610. The predicted octanol–water partition coefficient (Wildman–Crippen LogP) is 4.04. The lowest BCUT2D eigenvalue weighted by Gasteiger charge is -2.21. The maximum Gasteiger partial charge on any atom is 0.261 e. The Kier molecular flexibility index (Phi) is 6.24. The lowest BCUT2D eigenvalue weighted by atomic mass is 10.0. The number of ether oxygens (including phenoxy) is 2. The van der Waals surface area contributed by atoms with Crippen LogP contribution in [0.15, 0.2) is 48.5 Å². The number of amides is 1. The monoisotopic (exact) mass is 327 g/mol. The van der Waals surface area contributed by atoms with Gasteiger partial charge in [-0.15, -0.1) is 0 Å². The smallest absolute Gasteiger partial charge is 0.261 e. The van der Waals surface area contributed by atoms with Gasteiger partial charge in [-0.25, -0.2) is 0 Å². The fourth-order valence-electron chi connectivity index (χ4n) is 2.47. The van der Waals surface area contributed by atoms with Gasteiger partial charge in [0.2, 0.25) is 0 Å². The number of nitrogens with one attached hydrogen (secondary N) is 1. The average molecular weight is 327 g/mol. The molecule has 0 aliphatic heterocycles. The van der Waals surface area contributed by atoms with Crippen LogP contribution >= 0.6 is 0 Å². The highest BCUT2D eigenvalue weighted by Crippen LogP contribution is 2.27. The number of benzene rings is 2. The molecule has 0 aliphatic rings. The van der Waals surface area contributed by atoms with E-state index in [0.29, 0.717) is 11.5 Å². The summed E-state index contributed by atoms with van der Waals surface area (Å²) in [4.78, 5) is 12.5. The molecule has 0 saturated heterocycles. The number of carbonyl (C=O) groups is 1. The van der Waals surface area contributed by atoms with Crippen LogP contribution < -0.4 is 14.8 Å². The van der Waals surface area contributed by atoms with Gasteiger partial charge in [-0.3, -0.25) is 4.79 Å². The highest BCUT2D eigenvalue weighted by Gasteiger charge is 2.20. The molecule has 2 aromatic rings. The van der Waals surface area contributed by atoms with Gasteiger partial charge in [0.05, 0.1) is 13.2 Å². The predicted molar refractivity (Wildman–Crippen MR) is 95.4 cm³/mol. The first kappa shape index (κ1) is 17.9. The standard InChI is InChI=1S/C20H25NO3/c1-5-17(16-12-10-14(2)11-13-16)21-20(22)15(3)24-19-9-7-6-8-18(19)23-4/h6-13,15,17H,5H2,1-4H3,(H,21,22). The Hall–Kier alpha value is -2.49. The number of para-hydroxylation sites is 2. The molecule has 1 amide bonds. The molecule has 0 aliphatic carbocycles. The molecule has 128 valence electrons. The number of rotatable bonds is 7. The molecular formula is C20H25NO3. The topological polar surface area (TPSA) is 47.6 Å². The molecule has 2 rings (SSSR count). The highest BCUT2D eigenvalue weighted by molar-refractivity contribution is 5.81. The maximum absolute atomic E-state index is 12.5. The summed E-state index contributed by atoms with van der Waals surface area (Å²) in [6.07, 6.45) is 0.205. The Balaban J connectivity index is 2.03. The molecule has 2 aromatic carbocycles. The molecule has 0 spiro atoms. The summed E-state index contributed by atoms with van der Waals surface area (Å²) in [6.45, 7) is 5.84. The second-order valence-corrected chi connectivity index (χ2v) is 5.79. The van der Waals surface area contributed by atoms with E-state index >= 15 is 0 Å². The molecule has 0 radical (unpaired) electrons. The first-order chi connectivity index (χ1) is 11.5. The van der Waals surface area contributed by atoms with Gasteiger partial charge in [-0.2, -0.15) is 0 Å². The van der Waals surface area contributed by atoms with Crippen LogP contribution in [0.25, 0.3) is 0 Å². The van der Waals surface area contributed by atoms with Crippen LogP contribution in [0.5, 0.6) is 11.5 Å². The summed E-state index contributed by atoms with van der Waals surface area (Å²) >= 11 is 0. The number of aryl methyl sites for hydroxylation is 1. The van der Waals surface area contributed by atoms with Crippen molar-refractivity contribution in [1.29, 1.82) is 0 Å². The van der Waals surface area contributed by atoms with Gasteiger partial charge in [0.15, 0.2) is 17.6 Å². The lowest BCUT2D eigenvalue weighted by molar-refractivity contribution is -0.128. The fraction of sp³-hybridized carbons (Fsp3) is 0.350. The zero-order valence-corrected chi connectivity index (χ0v) is 14.7. The number of hydrogen-bond acceptors (Lipinski definition) is 3. The van der Waals surface area contributed by atoms with E-state index in [1.165, 1.54) is 5.56 Å². The van der Waals surface area contributed by atoms with Crippen molar-refractivity contribution in [1.82, 2.24) is 5.32 Å². The number of methoxy groups -OCH3 is 1. The van der Waals surface area contributed by atoms with E-state index in [1.807, 2.05) is 19.1 Å². The van der Waals surface area contributed by atoms with Crippen molar-refractivity contribution in [2.24, 2.45) is 0 Å². The minimum absolute atomic E-state index is 0.0261. The third-order valence-corrected chi connectivity index (χ3v) is 3.95. The van der Waals surface area contributed by atoms with Gasteiger partial charge in [-0.1, -0.05) is 48.9 Å². The van der Waals surface area contributed by atoms with E-state index in [1.54, 1.807) is 26.2 Å². The Labute approximate surface area is 143 Å². The SMILES string of the molecule is CCC(NC(=O)C(C)Oc1ccccc1OC)c1ccc(C)cc1. The number of carbonyl (C=O) groups excluding carboxylic acids is 1. The van der Waals surface area contributed by atoms with Crippen molar-refractivity contribution < 1.29 is 14.3 Å². The molecule has 0 bridgehead atoms. The first-order valence-corrected chi connectivity index (χ1v) is 8.21. The van der Waals surface area contributed by atoms with Crippen molar-refractivity contribution in [2.75, 3.05) is 7.11 Å². The highest BCUT2D eigenvalue weighted by atomic mass is 16.5. The van der Waals surface area contributed by atoms with Crippen molar-refractivity contribution in [2.45, 2.75) is 39.3 Å². The molecule has 2 unspecified atom stereocenters. The number of hydrogen-bond donors (Lipinski definition) is 1.